The van der Waals surface area contributed by atoms with E-state index in [4.69, 9.17) is 14.2 Å². The third-order valence-electron chi connectivity index (χ3n) is 10.8. The van der Waals surface area contributed by atoms with Gasteiger partial charge in [-0.2, -0.15) is 0 Å². The molecule has 0 N–H and O–H groups in total. The van der Waals surface area contributed by atoms with E-state index in [1.807, 2.05) is 0 Å². The molecule has 0 saturated heterocycles. The van der Waals surface area contributed by atoms with Gasteiger partial charge in [0.1, 0.15) is 13.2 Å². The molecular weight excluding hydrogens is 745 g/mol. The van der Waals surface area contributed by atoms with E-state index < -0.39 is 6.10 Å². The third-order valence-corrected chi connectivity index (χ3v) is 10.8. The summed E-state index contributed by atoms with van der Waals surface area (Å²) < 4.78 is 16.7. The van der Waals surface area contributed by atoms with Gasteiger partial charge in [-0.05, 0) is 64.2 Å². The van der Waals surface area contributed by atoms with Crippen molar-refractivity contribution in [3.8, 4) is 0 Å². The van der Waals surface area contributed by atoms with Crippen LogP contribution in [0.4, 0.5) is 0 Å². The lowest BCUT2D eigenvalue weighted by atomic mass is 10.0. The summed E-state index contributed by atoms with van der Waals surface area (Å²) in [6, 6.07) is 0. The molecule has 0 bridgehead atoms. The van der Waals surface area contributed by atoms with Crippen LogP contribution in [0.2, 0.25) is 0 Å². The fourth-order valence-corrected chi connectivity index (χ4v) is 6.99. The first-order chi connectivity index (χ1) is 29.5. The zero-order valence-electron chi connectivity index (χ0n) is 39.5. The first kappa shape index (κ1) is 57.1. The van der Waals surface area contributed by atoms with Crippen LogP contribution >= 0.6 is 0 Å². The molecule has 0 radical (unpaired) electrons. The molecule has 0 aliphatic heterocycles. The second-order valence-electron chi connectivity index (χ2n) is 16.8. The minimum atomic E-state index is -0.791. The molecule has 1 atom stereocenters. The maximum absolute atomic E-state index is 12.8. The van der Waals surface area contributed by atoms with E-state index in [9.17, 15) is 14.4 Å². The van der Waals surface area contributed by atoms with Crippen molar-refractivity contribution in [2.75, 3.05) is 13.2 Å². The molecule has 0 saturated carbocycles. The zero-order chi connectivity index (χ0) is 43.7. The number of esters is 3. The van der Waals surface area contributed by atoms with Crippen LogP contribution in [0, 0.1) is 0 Å². The van der Waals surface area contributed by atoms with E-state index in [0.29, 0.717) is 25.7 Å². The van der Waals surface area contributed by atoms with Gasteiger partial charge in [-0.25, -0.2) is 0 Å². The highest BCUT2D eigenvalue weighted by Gasteiger charge is 2.19. The van der Waals surface area contributed by atoms with Crippen LogP contribution in [0.5, 0.6) is 0 Å². The van der Waals surface area contributed by atoms with Gasteiger partial charge in [-0.3, -0.25) is 14.4 Å². The molecule has 0 aliphatic carbocycles. The van der Waals surface area contributed by atoms with Gasteiger partial charge < -0.3 is 14.2 Å². The van der Waals surface area contributed by atoms with Crippen LogP contribution in [0.1, 0.15) is 245 Å². The lowest BCUT2D eigenvalue weighted by Crippen LogP contribution is -2.30. The summed E-state index contributed by atoms with van der Waals surface area (Å²) in [5, 5.41) is 0. The summed E-state index contributed by atoms with van der Waals surface area (Å²) in [7, 11) is 0. The van der Waals surface area contributed by atoms with Gasteiger partial charge in [0.25, 0.3) is 0 Å². The van der Waals surface area contributed by atoms with Crippen molar-refractivity contribution in [3.63, 3.8) is 0 Å². The molecule has 0 heterocycles. The van der Waals surface area contributed by atoms with Crippen molar-refractivity contribution in [2.45, 2.75) is 252 Å². The standard InChI is InChI=1S/C54H94O6/c1-4-7-10-13-16-19-21-23-25-26-27-29-30-32-35-38-41-44-47-53(56)59-50-51(49-58-52(55)46-43-40-37-34-18-15-12-9-6-3)60-54(57)48-45-42-39-36-33-31-28-24-22-20-17-14-11-8-5-2/h16,19,21,23,25-27,29,34,37,51H,4-15,17-18,20,22,24,28,30-33,35-36,38-50H2,1-3H3/b19-16-,23-21-,26-25-,29-27-,37-34-. The molecule has 6 nitrogen and oxygen atoms in total. The Morgan fingerprint density at radius 2 is 0.633 bits per heavy atom. The Morgan fingerprint density at radius 3 is 1.10 bits per heavy atom. The Kier molecular flexibility index (Phi) is 46.4. The Balaban J connectivity index is 4.39. The monoisotopic (exact) mass is 839 g/mol. The Labute approximate surface area is 370 Å². The largest absolute Gasteiger partial charge is 0.462 e. The van der Waals surface area contributed by atoms with Gasteiger partial charge >= 0.3 is 17.9 Å². The maximum Gasteiger partial charge on any atom is 0.306 e. The van der Waals surface area contributed by atoms with Gasteiger partial charge in [0.15, 0.2) is 6.10 Å². The fraction of sp³-hybridized carbons (Fsp3) is 0.759. The SMILES string of the molecule is CCCCC\C=C/C=C\C=C/C=C\CCCCCCCC(=O)OCC(COC(=O)CCC/C=C\CCCCCC)OC(=O)CCCCCCCCCCCCCCCCC. The first-order valence-corrected chi connectivity index (χ1v) is 25.3. The smallest absolute Gasteiger partial charge is 0.306 e. The van der Waals surface area contributed by atoms with Crippen molar-refractivity contribution in [1.29, 1.82) is 0 Å². The molecule has 0 aromatic carbocycles. The van der Waals surface area contributed by atoms with Gasteiger partial charge in [-0.15, -0.1) is 0 Å². The highest BCUT2D eigenvalue weighted by atomic mass is 16.6. The first-order valence-electron chi connectivity index (χ1n) is 25.3. The lowest BCUT2D eigenvalue weighted by molar-refractivity contribution is -0.167. The molecule has 0 fully saturated rings. The molecule has 0 amide bonds. The van der Waals surface area contributed by atoms with E-state index in [-0.39, 0.29) is 31.1 Å². The van der Waals surface area contributed by atoms with Crippen molar-refractivity contribution in [1.82, 2.24) is 0 Å². The minimum Gasteiger partial charge on any atom is -0.462 e. The molecule has 6 heteroatoms. The third kappa shape index (κ3) is 46.2. The predicted molar refractivity (Wildman–Crippen MR) is 256 cm³/mol. The molecule has 0 spiro atoms. The van der Waals surface area contributed by atoms with Crippen LogP contribution in [0.25, 0.3) is 0 Å². The average Bonchev–Trinajstić information content (AvgIpc) is 3.24. The van der Waals surface area contributed by atoms with Gasteiger partial charge in [0.05, 0.1) is 0 Å². The van der Waals surface area contributed by atoms with E-state index >= 15 is 0 Å². The summed E-state index contributed by atoms with van der Waals surface area (Å²) in [6.45, 7) is 6.53. The predicted octanol–water partition coefficient (Wildman–Crippen LogP) is 16.5. The van der Waals surface area contributed by atoms with Crippen molar-refractivity contribution >= 4 is 17.9 Å². The second-order valence-corrected chi connectivity index (χ2v) is 16.8. The Hall–Kier alpha value is -2.89. The summed E-state index contributed by atoms with van der Waals surface area (Å²) >= 11 is 0. The number of hydrogen-bond acceptors (Lipinski definition) is 6. The second kappa shape index (κ2) is 48.8. The van der Waals surface area contributed by atoms with E-state index in [1.54, 1.807) is 0 Å². The fourth-order valence-electron chi connectivity index (χ4n) is 6.99. The average molecular weight is 839 g/mol. The molecule has 0 aromatic heterocycles. The summed E-state index contributed by atoms with van der Waals surface area (Å²) in [5.74, 6) is -0.946. The highest BCUT2D eigenvalue weighted by molar-refractivity contribution is 5.71. The highest BCUT2D eigenvalue weighted by Crippen LogP contribution is 2.15. The van der Waals surface area contributed by atoms with Crippen molar-refractivity contribution < 1.29 is 28.6 Å². The van der Waals surface area contributed by atoms with Crippen molar-refractivity contribution in [3.05, 3.63) is 60.8 Å². The number of carbonyl (C=O) groups excluding carboxylic acids is 3. The topological polar surface area (TPSA) is 78.9 Å². The van der Waals surface area contributed by atoms with E-state index in [1.165, 1.54) is 122 Å². The van der Waals surface area contributed by atoms with Gasteiger partial charge in [0.2, 0.25) is 0 Å². The molecule has 1 unspecified atom stereocenters. The molecule has 0 aliphatic rings. The number of rotatable bonds is 45. The summed E-state index contributed by atoms with van der Waals surface area (Å²) in [5.41, 5.74) is 0. The number of allylic oxidation sites excluding steroid dienone is 10. The lowest BCUT2D eigenvalue weighted by Gasteiger charge is -2.18. The number of hydrogen-bond donors (Lipinski definition) is 0. The number of unbranched alkanes of at least 4 members (excludes halogenated alkanes) is 27. The molecular formula is C54H94O6. The van der Waals surface area contributed by atoms with Gasteiger partial charge in [0, 0.05) is 19.3 Å². The summed E-state index contributed by atoms with van der Waals surface area (Å²) in [4.78, 5) is 37.8. The zero-order valence-corrected chi connectivity index (χ0v) is 39.5. The Bertz CT molecular complexity index is 1100. The van der Waals surface area contributed by atoms with Crippen LogP contribution < -0.4 is 0 Å². The van der Waals surface area contributed by atoms with E-state index in [2.05, 4.69) is 81.5 Å². The molecule has 0 aromatic rings. The maximum atomic E-state index is 12.8. The molecule has 346 valence electrons. The molecule has 60 heavy (non-hydrogen) atoms. The number of ether oxygens (including phenoxy) is 3. The quantitative estimate of drug-likeness (QED) is 0.0200. The van der Waals surface area contributed by atoms with Crippen molar-refractivity contribution in [2.24, 2.45) is 0 Å². The normalized spacial score (nSPS) is 12.5. The van der Waals surface area contributed by atoms with Crippen LogP contribution in [-0.4, -0.2) is 37.2 Å². The van der Waals surface area contributed by atoms with Crippen LogP contribution in [0.3, 0.4) is 0 Å². The Morgan fingerprint density at radius 1 is 0.333 bits per heavy atom. The van der Waals surface area contributed by atoms with E-state index in [0.717, 1.165) is 77.0 Å². The summed E-state index contributed by atoms with van der Waals surface area (Å²) in [6.07, 6.45) is 59.2. The van der Waals surface area contributed by atoms with Gasteiger partial charge in [-0.1, -0.05) is 223 Å². The van der Waals surface area contributed by atoms with Crippen LogP contribution in [0.15, 0.2) is 60.8 Å². The number of carbonyl (C=O) groups is 3. The minimum absolute atomic E-state index is 0.0935. The molecule has 0 rings (SSSR count). The van der Waals surface area contributed by atoms with Crippen LogP contribution in [-0.2, 0) is 28.6 Å².